The number of pyridine rings is 1. The predicted octanol–water partition coefficient (Wildman–Crippen LogP) is 3.07. The van der Waals surface area contributed by atoms with Crippen LogP contribution in [0.2, 0.25) is 5.15 Å². The van der Waals surface area contributed by atoms with Gasteiger partial charge in [0.05, 0.1) is 18.4 Å². The predicted molar refractivity (Wildman–Crippen MR) is 85.7 cm³/mol. The molecule has 6 nitrogen and oxygen atoms in total. The molecule has 0 radical (unpaired) electrons. The quantitative estimate of drug-likeness (QED) is 0.661. The number of ether oxygens (including phenoxy) is 2. The Balaban J connectivity index is 2.03. The van der Waals surface area contributed by atoms with Gasteiger partial charge in [-0.25, -0.2) is 14.2 Å². The highest BCUT2D eigenvalue weighted by atomic mass is 35.5. The van der Waals surface area contributed by atoms with Crippen molar-refractivity contribution in [3.63, 3.8) is 0 Å². The highest BCUT2D eigenvalue weighted by Crippen LogP contribution is 2.19. The molecule has 0 saturated heterocycles. The smallest absolute Gasteiger partial charge is 0.341 e. The second kappa shape index (κ2) is 7.74. The first kappa shape index (κ1) is 17.7. The summed E-state index contributed by atoms with van der Waals surface area (Å²) in [5.41, 5.74) is -0.0162. The standard InChI is InChI=1S/C16H14ClFN2O4/c1-9(15(21)20-13-4-3-7-19-14(13)17)24-16(22)11-6-5-10(23-2)8-12(11)18/h3-9H,1-2H3,(H,20,21)/t9-/m0/s1. The first-order valence-corrected chi connectivity index (χ1v) is 7.26. The molecule has 0 spiro atoms. The summed E-state index contributed by atoms with van der Waals surface area (Å²) < 4.78 is 23.7. The molecule has 0 aliphatic carbocycles. The topological polar surface area (TPSA) is 77.5 Å². The largest absolute Gasteiger partial charge is 0.497 e. The molecular weight excluding hydrogens is 339 g/mol. The van der Waals surface area contributed by atoms with E-state index < -0.39 is 23.8 Å². The zero-order valence-electron chi connectivity index (χ0n) is 12.9. The molecule has 8 heteroatoms. The zero-order chi connectivity index (χ0) is 17.7. The maximum atomic E-state index is 13.8. The van der Waals surface area contributed by atoms with Gasteiger partial charge in [0, 0.05) is 12.3 Å². The number of aromatic nitrogens is 1. The van der Waals surface area contributed by atoms with Gasteiger partial charge in [0.25, 0.3) is 5.91 Å². The number of carbonyl (C=O) groups excluding carboxylic acids is 2. The van der Waals surface area contributed by atoms with Gasteiger partial charge in [-0.3, -0.25) is 4.79 Å². The van der Waals surface area contributed by atoms with Gasteiger partial charge < -0.3 is 14.8 Å². The summed E-state index contributed by atoms with van der Waals surface area (Å²) in [6.45, 7) is 1.36. The van der Waals surface area contributed by atoms with Crippen LogP contribution < -0.4 is 10.1 Å². The summed E-state index contributed by atoms with van der Waals surface area (Å²) in [5, 5.41) is 2.58. The molecular formula is C16H14ClFN2O4. The van der Waals surface area contributed by atoms with Crippen LogP contribution in [0.4, 0.5) is 10.1 Å². The Hall–Kier alpha value is -2.67. The van der Waals surface area contributed by atoms with Crippen LogP contribution in [-0.2, 0) is 9.53 Å². The van der Waals surface area contributed by atoms with Crippen LogP contribution in [0.5, 0.6) is 5.75 Å². The Morgan fingerprint density at radius 3 is 2.71 bits per heavy atom. The minimum atomic E-state index is -1.16. The Labute approximate surface area is 142 Å². The monoisotopic (exact) mass is 352 g/mol. The number of rotatable bonds is 5. The molecule has 1 N–H and O–H groups in total. The molecule has 1 amide bonds. The molecule has 1 aromatic heterocycles. The third kappa shape index (κ3) is 4.20. The number of benzene rings is 1. The fourth-order valence-electron chi connectivity index (χ4n) is 1.78. The van der Waals surface area contributed by atoms with Crippen molar-refractivity contribution in [3.05, 3.63) is 53.1 Å². The number of esters is 1. The molecule has 0 bridgehead atoms. The van der Waals surface area contributed by atoms with Gasteiger partial charge >= 0.3 is 5.97 Å². The van der Waals surface area contributed by atoms with Gasteiger partial charge in [-0.1, -0.05) is 11.6 Å². The molecule has 0 fully saturated rings. The van der Waals surface area contributed by atoms with Crippen molar-refractivity contribution in [1.29, 1.82) is 0 Å². The van der Waals surface area contributed by atoms with E-state index in [1.54, 1.807) is 12.1 Å². The lowest BCUT2D eigenvalue weighted by atomic mass is 10.2. The van der Waals surface area contributed by atoms with Crippen LogP contribution >= 0.6 is 11.6 Å². The Morgan fingerprint density at radius 2 is 2.08 bits per heavy atom. The van der Waals surface area contributed by atoms with E-state index in [9.17, 15) is 14.0 Å². The van der Waals surface area contributed by atoms with Gasteiger partial charge in [-0.05, 0) is 31.2 Å². The normalized spacial score (nSPS) is 11.5. The van der Waals surface area contributed by atoms with Crippen molar-refractivity contribution in [3.8, 4) is 5.75 Å². The van der Waals surface area contributed by atoms with Crippen LogP contribution in [0.3, 0.4) is 0 Å². The van der Waals surface area contributed by atoms with Gasteiger partial charge in [-0.2, -0.15) is 0 Å². The molecule has 0 aliphatic rings. The summed E-state index contributed by atoms with van der Waals surface area (Å²) >= 11 is 5.83. The Kier molecular flexibility index (Phi) is 5.70. The molecule has 2 rings (SSSR count). The van der Waals surface area contributed by atoms with E-state index in [2.05, 4.69) is 10.3 Å². The second-order valence-corrected chi connectivity index (χ2v) is 5.08. The average Bonchev–Trinajstić information content (AvgIpc) is 2.56. The maximum Gasteiger partial charge on any atom is 0.341 e. The molecule has 1 atom stereocenters. The number of carbonyl (C=O) groups is 2. The number of methoxy groups -OCH3 is 1. The minimum absolute atomic E-state index is 0.102. The van der Waals surface area contributed by atoms with Crippen molar-refractivity contribution < 1.29 is 23.5 Å². The van der Waals surface area contributed by atoms with Gasteiger partial charge in [0.1, 0.15) is 11.6 Å². The molecule has 126 valence electrons. The van der Waals surface area contributed by atoms with Crippen LogP contribution in [-0.4, -0.2) is 30.1 Å². The number of hydrogen-bond donors (Lipinski definition) is 1. The SMILES string of the molecule is COc1ccc(C(=O)O[C@@H](C)C(=O)Nc2cccnc2Cl)c(F)c1. The molecule has 24 heavy (non-hydrogen) atoms. The van der Waals surface area contributed by atoms with Gasteiger partial charge in [0.15, 0.2) is 11.3 Å². The fraction of sp³-hybridized carbons (Fsp3) is 0.188. The summed E-state index contributed by atoms with van der Waals surface area (Å²) in [5.74, 6) is -2.12. The van der Waals surface area contributed by atoms with E-state index in [1.807, 2.05) is 0 Å². The second-order valence-electron chi connectivity index (χ2n) is 4.72. The highest BCUT2D eigenvalue weighted by molar-refractivity contribution is 6.32. The van der Waals surface area contributed by atoms with E-state index in [1.165, 1.54) is 32.4 Å². The van der Waals surface area contributed by atoms with E-state index in [4.69, 9.17) is 21.1 Å². The highest BCUT2D eigenvalue weighted by Gasteiger charge is 2.22. The lowest BCUT2D eigenvalue weighted by Crippen LogP contribution is -2.30. The van der Waals surface area contributed by atoms with Crippen LogP contribution in [0.25, 0.3) is 0 Å². The summed E-state index contributed by atoms with van der Waals surface area (Å²) in [6.07, 6.45) is 0.309. The number of nitrogens with zero attached hydrogens (tertiary/aromatic N) is 1. The summed E-state index contributed by atoms with van der Waals surface area (Å²) in [6, 6.07) is 6.82. The first-order chi connectivity index (χ1) is 11.4. The van der Waals surface area contributed by atoms with Gasteiger partial charge in [-0.15, -0.1) is 0 Å². The maximum absolute atomic E-state index is 13.8. The third-order valence-corrected chi connectivity index (χ3v) is 3.37. The molecule has 0 aliphatic heterocycles. The zero-order valence-corrected chi connectivity index (χ0v) is 13.6. The van der Waals surface area contributed by atoms with Crippen molar-refractivity contribution in [1.82, 2.24) is 4.98 Å². The first-order valence-electron chi connectivity index (χ1n) is 6.88. The van der Waals surface area contributed by atoms with Crippen molar-refractivity contribution in [2.45, 2.75) is 13.0 Å². The molecule has 0 saturated carbocycles. The van der Waals surface area contributed by atoms with E-state index in [0.717, 1.165) is 6.07 Å². The Bertz CT molecular complexity index is 769. The van der Waals surface area contributed by atoms with Crippen LogP contribution in [0, 0.1) is 5.82 Å². The van der Waals surface area contributed by atoms with E-state index in [-0.39, 0.29) is 22.2 Å². The summed E-state index contributed by atoms with van der Waals surface area (Å²) in [7, 11) is 1.38. The third-order valence-electron chi connectivity index (χ3n) is 3.07. The number of amides is 1. The van der Waals surface area contributed by atoms with E-state index in [0.29, 0.717) is 0 Å². The molecule has 2 aromatic rings. The lowest BCUT2D eigenvalue weighted by Gasteiger charge is -2.14. The number of nitrogens with one attached hydrogen (secondary N) is 1. The Morgan fingerprint density at radius 1 is 1.33 bits per heavy atom. The fourth-order valence-corrected chi connectivity index (χ4v) is 1.95. The summed E-state index contributed by atoms with van der Waals surface area (Å²) in [4.78, 5) is 27.8. The van der Waals surface area contributed by atoms with Crippen molar-refractivity contribution in [2.75, 3.05) is 12.4 Å². The molecule has 1 heterocycles. The molecule has 1 aromatic carbocycles. The van der Waals surface area contributed by atoms with Crippen LogP contribution in [0.1, 0.15) is 17.3 Å². The van der Waals surface area contributed by atoms with Gasteiger partial charge in [0.2, 0.25) is 0 Å². The van der Waals surface area contributed by atoms with E-state index >= 15 is 0 Å². The van der Waals surface area contributed by atoms with Crippen molar-refractivity contribution in [2.24, 2.45) is 0 Å². The lowest BCUT2D eigenvalue weighted by molar-refractivity contribution is -0.123. The number of hydrogen-bond acceptors (Lipinski definition) is 5. The number of halogens is 2. The number of anilines is 1. The molecule has 0 unspecified atom stereocenters. The van der Waals surface area contributed by atoms with Crippen molar-refractivity contribution >= 4 is 29.2 Å². The average molecular weight is 353 g/mol. The minimum Gasteiger partial charge on any atom is -0.497 e. The van der Waals surface area contributed by atoms with Crippen LogP contribution in [0.15, 0.2) is 36.5 Å².